The van der Waals surface area contributed by atoms with Gasteiger partial charge in [0.2, 0.25) is 0 Å². The largest absolute Gasteiger partial charge is 0.462 e. The van der Waals surface area contributed by atoms with Gasteiger partial charge in [0, 0.05) is 12.8 Å². The van der Waals surface area contributed by atoms with Gasteiger partial charge in [0.1, 0.15) is 6.61 Å². The number of ether oxygens (including phenoxy) is 2. The summed E-state index contributed by atoms with van der Waals surface area (Å²) in [6, 6.07) is 0. The van der Waals surface area contributed by atoms with Crippen molar-refractivity contribution in [3.63, 3.8) is 0 Å². The predicted molar refractivity (Wildman–Crippen MR) is 353 cm³/mol. The summed E-state index contributed by atoms with van der Waals surface area (Å²) in [7, 11) is 0. The van der Waals surface area contributed by atoms with Gasteiger partial charge in [-0.15, -0.1) is 0 Å². The van der Waals surface area contributed by atoms with Crippen molar-refractivity contribution in [3.05, 3.63) is 36.5 Å². The van der Waals surface area contributed by atoms with E-state index >= 15 is 0 Å². The lowest BCUT2D eigenvalue weighted by molar-refractivity contribution is -0.161. The number of unbranched alkanes of at least 4 members (excludes halogenated alkanes) is 55. The van der Waals surface area contributed by atoms with E-state index in [0.717, 1.165) is 44.9 Å². The molecule has 1 unspecified atom stereocenters. The fourth-order valence-electron chi connectivity index (χ4n) is 11.5. The molecule has 5 nitrogen and oxygen atoms in total. The highest BCUT2D eigenvalue weighted by Crippen LogP contribution is 2.19. The maximum absolute atomic E-state index is 12.4. The molecule has 1 atom stereocenters. The van der Waals surface area contributed by atoms with Crippen LogP contribution in [0.2, 0.25) is 0 Å². The Labute approximate surface area is 501 Å². The third-order valence-corrected chi connectivity index (χ3v) is 16.9. The Balaban J connectivity index is 3.37. The van der Waals surface area contributed by atoms with E-state index in [9.17, 15) is 14.7 Å². The standard InChI is InChI=1S/C75H142O5/c1-3-5-7-9-11-13-15-17-19-21-23-25-27-29-31-32-33-34-35-36-37-38-39-40-41-42-44-45-47-49-51-53-55-57-59-61-63-65-67-69-74(77)79-72-73(71-76)80-75(78)70-68-66-64-62-60-58-56-54-52-50-48-46-43-30-28-26-24-22-20-18-16-14-12-10-8-6-4-2/h16,18,22,24,28,30,73,76H,3-15,17,19-21,23,25-27,29,31-72H2,1-2H3/b18-16-,24-22-,30-28-. The van der Waals surface area contributed by atoms with Crippen LogP contribution in [0.5, 0.6) is 0 Å². The molecule has 0 rings (SSSR count). The summed E-state index contributed by atoms with van der Waals surface area (Å²) >= 11 is 0. The van der Waals surface area contributed by atoms with E-state index in [1.807, 2.05) is 0 Å². The summed E-state index contributed by atoms with van der Waals surface area (Å²) < 4.78 is 10.8. The van der Waals surface area contributed by atoms with Crippen molar-refractivity contribution in [2.24, 2.45) is 0 Å². The normalized spacial score (nSPS) is 12.3. The Kier molecular flexibility index (Phi) is 69.7. The molecule has 472 valence electrons. The zero-order valence-corrected chi connectivity index (χ0v) is 54.4. The molecule has 0 aliphatic heterocycles. The highest BCUT2D eigenvalue weighted by molar-refractivity contribution is 5.70. The number of aliphatic hydroxyl groups excluding tert-OH is 1. The average Bonchev–Trinajstić information content (AvgIpc) is 3.46. The number of hydrogen-bond donors (Lipinski definition) is 1. The van der Waals surface area contributed by atoms with Crippen molar-refractivity contribution >= 4 is 11.9 Å². The molecule has 0 aromatic carbocycles. The number of hydrogen-bond acceptors (Lipinski definition) is 5. The molecule has 0 spiro atoms. The van der Waals surface area contributed by atoms with Gasteiger partial charge in [-0.1, -0.05) is 384 Å². The topological polar surface area (TPSA) is 72.8 Å². The van der Waals surface area contributed by atoms with Crippen LogP contribution in [-0.2, 0) is 19.1 Å². The van der Waals surface area contributed by atoms with Crippen LogP contribution >= 0.6 is 0 Å². The van der Waals surface area contributed by atoms with E-state index in [1.165, 1.54) is 340 Å². The molecule has 0 bridgehead atoms. The fourth-order valence-corrected chi connectivity index (χ4v) is 11.5. The quantitative estimate of drug-likeness (QED) is 0.0373. The first-order valence-electron chi connectivity index (χ1n) is 36.5. The zero-order valence-electron chi connectivity index (χ0n) is 54.4. The van der Waals surface area contributed by atoms with E-state index in [0.29, 0.717) is 12.8 Å². The molecule has 0 aliphatic carbocycles. The maximum Gasteiger partial charge on any atom is 0.306 e. The lowest BCUT2D eigenvalue weighted by atomic mass is 10.0. The van der Waals surface area contributed by atoms with Crippen molar-refractivity contribution in [2.75, 3.05) is 13.2 Å². The Morgan fingerprint density at radius 1 is 0.287 bits per heavy atom. The predicted octanol–water partition coefficient (Wildman–Crippen LogP) is 25.3. The van der Waals surface area contributed by atoms with Gasteiger partial charge in [0.05, 0.1) is 6.61 Å². The van der Waals surface area contributed by atoms with E-state index < -0.39 is 6.10 Å². The second-order valence-electron chi connectivity index (χ2n) is 25.0. The van der Waals surface area contributed by atoms with Gasteiger partial charge in [-0.2, -0.15) is 0 Å². The van der Waals surface area contributed by atoms with Crippen molar-refractivity contribution in [2.45, 2.75) is 418 Å². The molecule has 0 aromatic rings. The number of allylic oxidation sites excluding steroid dienone is 6. The van der Waals surface area contributed by atoms with Crippen LogP contribution < -0.4 is 0 Å². The molecule has 0 aliphatic rings. The molecule has 5 heteroatoms. The lowest BCUT2D eigenvalue weighted by Gasteiger charge is -2.15. The SMILES string of the molecule is CCCCCCC/C=C\C/C=C\C/C=C\CCCCCCCCCCCCCCC(=O)OC(CO)COC(=O)CCCCCCCCCCCCCCCCCCCCCCCCCCCCCCCCCCCCCCCCC. The number of esters is 2. The van der Waals surface area contributed by atoms with E-state index in [-0.39, 0.29) is 25.2 Å². The Morgan fingerprint density at radius 2 is 0.500 bits per heavy atom. The summed E-state index contributed by atoms with van der Waals surface area (Å²) in [6.45, 7) is 4.19. The smallest absolute Gasteiger partial charge is 0.306 e. The van der Waals surface area contributed by atoms with Gasteiger partial charge in [-0.25, -0.2) is 0 Å². The molecule has 0 heterocycles. The second kappa shape index (κ2) is 71.4. The van der Waals surface area contributed by atoms with E-state index in [1.54, 1.807) is 0 Å². The molecular formula is C75H142O5. The van der Waals surface area contributed by atoms with Gasteiger partial charge in [-0.3, -0.25) is 9.59 Å². The summed E-state index contributed by atoms with van der Waals surface area (Å²) in [4.78, 5) is 24.7. The van der Waals surface area contributed by atoms with E-state index in [2.05, 4.69) is 50.3 Å². The third kappa shape index (κ3) is 68.6. The van der Waals surface area contributed by atoms with Gasteiger partial charge < -0.3 is 14.6 Å². The Bertz CT molecular complexity index is 1270. The van der Waals surface area contributed by atoms with Gasteiger partial charge in [0.25, 0.3) is 0 Å². The molecule has 0 amide bonds. The van der Waals surface area contributed by atoms with Crippen molar-refractivity contribution in [1.82, 2.24) is 0 Å². The number of aliphatic hydroxyl groups is 1. The minimum Gasteiger partial charge on any atom is -0.462 e. The monoisotopic (exact) mass is 1120 g/mol. The van der Waals surface area contributed by atoms with Gasteiger partial charge in [0.15, 0.2) is 6.10 Å². The van der Waals surface area contributed by atoms with Gasteiger partial charge >= 0.3 is 11.9 Å². The minimum absolute atomic E-state index is 0.0614. The maximum atomic E-state index is 12.4. The molecule has 0 saturated heterocycles. The van der Waals surface area contributed by atoms with Crippen LogP contribution in [0.15, 0.2) is 36.5 Å². The highest BCUT2D eigenvalue weighted by Gasteiger charge is 2.16. The van der Waals surface area contributed by atoms with Crippen LogP contribution in [0.1, 0.15) is 412 Å². The molecule has 0 radical (unpaired) electrons. The minimum atomic E-state index is -0.773. The molecule has 0 aromatic heterocycles. The number of rotatable bonds is 69. The van der Waals surface area contributed by atoms with Gasteiger partial charge in [-0.05, 0) is 51.4 Å². The number of carbonyl (C=O) groups is 2. The first-order valence-corrected chi connectivity index (χ1v) is 36.5. The molecule has 0 saturated carbocycles. The first-order chi connectivity index (χ1) is 39.6. The van der Waals surface area contributed by atoms with Crippen molar-refractivity contribution in [1.29, 1.82) is 0 Å². The summed E-state index contributed by atoms with van der Waals surface area (Å²) in [6.07, 6.45) is 94.9. The number of carbonyl (C=O) groups excluding carboxylic acids is 2. The fraction of sp³-hybridized carbons (Fsp3) is 0.893. The summed E-state index contributed by atoms with van der Waals surface area (Å²) in [5.41, 5.74) is 0. The Hall–Kier alpha value is -1.88. The molecule has 80 heavy (non-hydrogen) atoms. The van der Waals surface area contributed by atoms with Crippen LogP contribution in [0, 0.1) is 0 Å². The van der Waals surface area contributed by atoms with Crippen LogP contribution in [0.25, 0.3) is 0 Å². The zero-order chi connectivity index (χ0) is 57.6. The second-order valence-corrected chi connectivity index (χ2v) is 25.0. The summed E-state index contributed by atoms with van der Waals surface area (Å²) in [5.74, 6) is -0.571. The summed E-state index contributed by atoms with van der Waals surface area (Å²) in [5, 5.41) is 9.70. The molecule has 0 fully saturated rings. The van der Waals surface area contributed by atoms with Crippen molar-refractivity contribution in [3.8, 4) is 0 Å². The van der Waals surface area contributed by atoms with Crippen molar-refractivity contribution < 1.29 is 24.2 Å². The van der Waals surface area contributed by atoms with Crippen LogP contribution in [0.3, 0.4) is 0 Å². The van der Waals surface area contributed by atoms with E-state index in [4.69, 9.17) is 9.47 Å². The van der Waals surface area contributed by atoms with Crippen LogP contribution in [0.4, 0.5) is 0 Å². The Morgan fingerprint density at radius 3 is 0.750 bits per heavy atom. The van der Waals surface area contributed by atoms with Crippen LogP contribution in [-0.4, -0.2) is 36.4 Å². The average molecular weight is 1120 g/mol. The third-order valence-electron chi connectivity index (χ3n) is 16.9. The molecular weight excluding hydrogens is 981 g/mol. The molecule has 1 N–H and O–H groups in total. The lowest BCUT2D eigenvalue weighted by Crippen LogP contribution is -2.28. The highest BCUT2D eigenvalue weighted by atomic mass is 16.6. The first kappa shape index (κ1) is 78.1.